The van der Waals surface area contributed by atoms with Gasteiger partial charge in [0.25, 0.3) is 5.91 Å². The lowest BCUT2D eigenvalue weighted by Crippen LogP contribution is -2.18. The van der Waals surface area contributed by atoms with Crippen LogP contribution in [0.3, 0.4) is 0 Å². The first-order valence-corrected chi connectivity index (χ1v) is 11.4. The summed E-state index contributed by atoms with van der Waals surface area (Å²) in [4.78, 5) is 24.3. The van der Waals surface area contributed by atoms with Crippen molar-refractivity contribution in [2.75, 3.05) is 18.5 Å². The Bertz CT molecular complexity index is 1070. The Balaban J connectivity index is 1.54. The fraction of sp³-hybridized carbons (Fsp3) is 0.286. The van der Waals surface area contributed by atoms with Crippen molar-refractivity contribution < 1.29 is 23.8 Å². The van der Waals surface area contributed by atoms with Crippen molar-refractivity contribution in [2.45, 2.75) is 33.8 Å². The molecule has 34 heavy (non-hydrogen) atoms. The number of carbonyl (C=O) groups excluding carboxylic acids is 2. The Kier molecular flexibility index (Phi) is 9.09. The van der Waals surface area contributed by atoms with E-state index in [2.05, 4.69) is 43.4 Å². The molecule has 1 amide bonds. The van der Waals surface area contributed by atoms with Crippen LogP contribution in [0, 0.1) is 5.92 Å². The second kappa shape index (κ2) is 12.4. The molecule has 0 heterocycles. The van der Waals surface area contributed by atoms with Gasteiger partial charge in [-0.1, -0.05) is 50.2 Å². The van der Waals surface area contributed by atoms with Crippen LogP contribution in [0.2, 0.25) is 0 Å². The quantitative estimate of drug-likeness (QED) is 0.373. The zero-order valence-electron chi connectivity index (χ0n) is 19.9. The van der Waals surface area contributed by atoms with Crippen LogP contribution in [0.4, 0.5) is 5.69 Å². The minimum absolute atomic E-state index is 0.259. The van der Waals surface area contributed by atoms with E-state index < -0.39 is 5.97 Å². The molecule has 1 N–H and O–H groups in total. The average Bonchev–Trinajstić information content (AvgIpc) is 2.83. The van der Waals surface area contributed by atoms with Crippen LogP contribution in [-0.2, 0) is 22.6 Å². The average molecular weight is 462 g/mol. The molecule has 0 aliphatic heterocycles. The topological polar surface area (TPSA) is 73.9 Å². The van der Waals surface area contributed by atoms with Gasteiger partial charge in [-0.15, -0.1) is 0 Å². The molecule has 6 heteroatoms. The van der Waals surface area contributed by atoms with Gasteiger partial charge in [-0.25, -0.2) is 4.79 Å². The maximum Gasteiger partial charge on any atom is 0.344 e. The Morgan fingerprint density at radius 2 is 1.53 bits per heavy atom. The first-order chi connectivity index (χ1) is 16.4. The van der Waals surface area contributed by atoms with Crippen LogP contribution in [0.5, 0.6) is 11.5 Å². The number of carbonyl (C=O) groups is 2. The maximum atomic E-state index is 12.8. The molecule has 0 spiro atoms. The molecule has 3 rings (SSSR count). The summed E-state index contributed by atoms with van der Waals surface area (Å²) >= 11 is 0. The summed E-state index contributed by atoms with van der Waals surface area (Å²) < 4.78 is 16.2. The normalized spacial score (nSPS) is 10.6. The standard InChI is InChI=1S/C28H31NO5/c1-4-32-27(30)19-34-26-8-6-5-7-25(26)28(31)29-23-13-15-24(16-14-23)33-18-22-11-9-21(10-12-22)17-20(2)3/h5-16,20H,4,17-19H2,1-3H3,(H,29,31). The van der Waals surface area contributed by atoms with Crippen LogP contribution in [-0.4, -0.2) is 25.1 Å². The highest BCUT2D eigenvalue weighted by Crippen LogP contribution is 2.22. The molecule has 0 saturated carbocycles. The predicted molar refractivity (Wildman–Crippen MR) is 132 cm³/mol. The van der Waals surface area contributed by atoms with Crippen molar-refractivity contribution >= 4 is 17.6 Å². The van der Waals surface area contributed by atoms with Gasteiger partial charge in [0.05, 0.1) is 12.2 Å². The molecular weight excluding hydrogens is 430 g/mol. The van der Waals surface area contributed by atoms with Crippen molar-refractivity contribution in [3.05, 3.63) is 89.5 Å². The van der Waals surface area contributed by atoms with E-state index in [0.29, 0.717) is 35.3 Å². The van der Waals surface area contributed by atoms with Crippen LogP contribution >= 0.6 is 0 Å². The van der Waals surface area contributed by atoms with Gasteiger partial charge in [-0.05, 0) is 66.8 Å². The number of rotatable bonds is 11. The second-order valence-electron chi connectivity index (χ2n) is 8.27. The van der Waals surface area contributed by atoms with Gasteiger partial charge in [0.2, 0.25) is 0 Å². The molecule has 0 unspecified atom stereocenters. The second-order valence-corrected chi connectivity index (χ2v) is 8.27. The van der Waals surface area contributed by atoms with Crippen molar-refractivity contribution in [3.8, 4) is 11.5 Å². The summed E-state index contributed by atoms with van der Waals surface area (Å²) in [6.07, 6.45) is 1.07. The number of anilines is 1. The zero-order chi connectivity index (χ0) is 24.3. The van der Waals surface area contributed by atoms with Gasteiger partial charge in [0, 0.05) is 5.69 Å². The van der Waals surface area contributed by atoms with Crippen LogP contribution in [0.25, 0.3) is 0 Å². The molecule has 0 aliphatic carbocycles. The number of hydrogen-bond donors (Lipinski definition) is 1. The van der Waals surface area contributed by atoms with E-state index in [0.717, 1.165) is 12.0 Å². The van der Waals surface area contributed by atoms with Crippen molar-refractivity contribution in [1.82, 2.24) is 0 Å². The monoisotopic (exact) mass is 461 g/mol. The van der Waals surface area contributed by atoms with Gasteiger partial charge < -0.3 is 19.5 Å². The van der Waals surface area contributed by atoms with Crippen molar-refractivity contribution in [3.63, 3.8) is 0 Å². The molecular formula is C28H31NO5. The summed E-state index contributed by atoms with van der Waals surface area (Å²) in [7, 11) is 0. The number of ether oxygens (including phenoxy) is 3. The smallest absolute Gasteiger partial charge is 0.344 e. The van der Waals surface area contributed by atoms with E-state index in [-0.39, 0.29) is 19.1 Å². The molecule has 0 radical (unpaired) electrons. The first kappa shape index (κ1) is 24.8. The van der Waals surface area contributed by atoms with E-state index in [4.69, 9.17) is 14.2 Å². The lowest BCUT2D eigenvalue weighted by molar-refractivity contribution is -0.145. The van der Waals surface area contributed by atoms with Gasteiger partial charge in [-0.2, -0.15) is 0 Å². The SMILES string of the molecule is CCOC(=O)COc1ccccc1C(=O)Nc1ccc(OCc2ccc(CC(C)C)cc2)cc1. The van der Waals surface area contributed by atoms with Gasteiger partial charge in [0.1, 0.15) is 18.1 Å². The number of amides is 1. The third-order valence-corrected chi connectivity index (χ3v) is 4.97. The van der Waals surface area contributed by atoms with E-state index in [1.54, 1.807) is 43.3 Å². The van der Waals surface area contributed by atoms with E-state index >= 15 is 0 Å². The largest absolute Gasteiger partial charge is 0.489 e. The predicted octanol–water partition coefficient (Wildman–Crippen LogP) is 5.66. The van der Waals surface area contributed by atoms with Gasteiger partial charge in [-0.3, -0.25) is 4.79 Å². The van der Waals surface area contributed by atoms with E-state index in [9.17, 15) is 9.59 Å². The third-order valence-electron chi connectivity index (χ3n) is 4.97. The van der Waals surface area contributed by atoms with Crippen LogP contribution < -0.4 is 14.8 Å². The first-order valence-electron chi connectivity index (χ1n) is 11.4. The Morgan fingerprint density at radius 1 is 0.853 bits per heavy atom. The zero-order valence-corrected chi connectivity index (χ0v) is 19.9. The Labute approximate surface area is 200 Å². The highest BCUT2D eigenvalue weighted by atomic mass is 16.6. The molecule has 0 bridgehead atoms. The fourth-order valence-electron chi connectivity index (χ4n) is 3.36. The molecule has 0 aromatic heterocycles. The molecule has 3 aromatic carbocycles. The van der Waals surface area contributed by atoms with Crippen LogP contribution in [0.1, 0.15) is 42.3 Å². The van der Waals surface area contributed by atoms with E-state index in [1.165, 1.54) is 5.56 Å². The molecule has 6 nitrogen and oxygen atoms in total. The Hall–Kier alpha value is -3.80. The molecule has 178 valence electrons. The lowest BCUT2D eigenvalue weighted by Gasteiger charge is -2.12. The Morgan fingerprint density at radius 3 is 2.21 bits per heavy atom. The van der Waals surface area contributed by atoms with Crippen molar-refractivity contribution in [2.24, 2.45) is 5.92 Å². The maximum absolute atomic E-state index is 12.8. The number of hydrogen-bond acceptors (Lipinski definition) is 5. The summed E-state index contributed by atoms with van der Waals surface area (Å²) in [6, 6.07) is 22.4. The lowest BCUT2D eigenvalue weighted by atomic mass is 10.0. The molecule has 0 atom stereocenters. The molecule has 0 saturated heterocycles. The highest BCUT2D eigenvalue weighted by molar-refractivity contribution is 6.06. The van der Waals surface area contributed by atoms with Crippen LogP contribution in [0.15, 0.2) is 72.8 Å². The minimum atomic E-state index is -0.486. The molecule has 0 fully saturated rings. The molecule has 0 aliphatic rings. The third kappa shape index (κ3) is 7.66. The van der Waals surface area contributed by atoms with E-state index in [1.807, 2.05) is 12.1 Å². The minimum Gasteiger partial charge on any atom is -0.489 e. The summed E-state index contributed by atoms with van der Waals surface area (Å²) in [5, 5.41) is 2.84. The number of esters is 1. The van der Waals surface area contributed by atoms with Crippen molar-refractivity contribution in [1.29, 1.82) is 0 Å². The highest BCUT2D eigenvalue weighted by Gasteiger charge is 2.14. The number of nitrogens with one attached hydrogen (secondary N) is 1. The fourth-order valence-corrected chi connectivity index (χ4v) is 3.36. The summed E-state index contributed by atoms with van der Waals surface area (Å²) in [6.45, 7) is 6.63. The van der Waals surface area contributed by atoms with Gasteiger partial charge in [0.15, 0.2) is 6.61 Å². The summed E-state index contributed by atoms with van der Waals surface area (Å²) in [5.74, 6) is 0.830. The summed E-state index contributed by atoms with van der Waals surface area (Å²) in [5.41, 5.74) is 3.37. The number of benzene rings is 3. The number of para-hydroxylation sites is 1. The molecule has 3 aromatic rings. The van der Waals surface area contributed by atoms with Gasteiger partial charge >= 0.3 is 5.97 Å².